The summed E-state index contributed by atoms with van der Waals surface area (Å²) < 4.78 is 253. The number of quaternary nitrogens is 1. The summed E-state index contributed by atoms with van der Waals surface area (Å²) in [6, 6.07) is 0. The fourth-order valence-corrected chi connectivity index (χ4v) is 3.37. The summed E-state index contributed by atoms with van der Waals surface area (Å²) >= 11 is 0. The molecule has 0 aromatic heterocycles. The average molecular weight is 657 g/mol. The van der Waals surface area contributed by atoms with Crippen molar-refractivity contribution in [2.75, 3.05) is 26.2 Å². The highest BCUT2D eigenvalue weighted by atomic mass is 32.2. The molecule has 0 aromatic carbocycles. The first kappa shape index (κ1) is 40.8. The van der Waals surface area contributed by atoms with Crippen molar-refractivity contribution in [2.24, 2.45) is 0 Å². The molecule has 0 saturated heterocycles. The summed E-state index contributed by atoms with van der Waals surface area (Å²) in [5.74, 6) is -58.7. The Balaban J connectivity index is 0. The third-order valence-corrected chi connectivity index (χ3v) is 7.14. The lowest BCUT2D eigenvalue weighted by atomic mass is 9.88. The molecule has 244 valence electrons. The minimum absolute atomic E-state index is 0.733. The van der Waals surface area contributed by atoms with Crippen molar-refractivity contribution in [2.45, 2.75) is 87.5 Å². The van der Waals surface area contributed by atoms with Gasteiger partial charge in [0.15, 0.2) is 16.3 Å². The minimum atomic E-state index is -8.89. The second-order valence-electron chi connectivity index (χ2n) is 8.26. The van der Waals surface area contributed by atoms with Gasteiger partial charge in [-0.2, -0.15) is 70.2 Å². The quantitative estimate of drug-likeness (QED) is 0.124. The minimum Gasteiger partial charge on any atom is -0.743 e. The van der Waals surface area contributed by atoms with Gasteiger partial charge >= 0.3 is 46.7 Å². The summed E-state index contributed by atoms with van der Waals surface area (Å²) in [4.78, 5) is 0. The number of hydrogen-bond donors (Lipinski definition) is 0. The molecule has 0 aliphatic heterocycles. The summed E-state index contributed by atoms with van der Waals surface area (Å²) in [6.07, 6.45) is -4.59. The van der Waals surface area contributed by atoms with Crippen LogP contribution in [0.25, 0.3) is 0 Å². The van der Waals surface area contributed by atoms with Crippen LogP contribution in [0.1, 0.15) is 34.6 Å². The number of halogens is 17. The van der Waals surface area contributed by atoms with E-state index in [0.29, 0.717) is 0 Å². The van der Waals surface area contributed by atoms with Gasteiger partial charge in [0.05, 0.1) is 26.2 Å². The molecule has 0 saturated carbocycles. The fraction of sp³-hybridized carbons (Fsp3) is 1.00. The van der Waals surface area contributed by atoms with Crippen LogP contribution >= 0.6 is 0 Å². The van der Waals surface area contributed by atoms with Crippen molar-refractivity contribution in [3.05, 3.63) is 0 Å². The highest BCUT2D eigenvalue weighted by molar-refractivity contribution is 7.86. The zero-order valence-corrected chi connectivity index (χ0v) is 21.7. The highest BCUT2D eigenvalue weighted by Crippen LogP contribution is 2.64. The van der Waals surface area contributed by atoms with Crippen LogP contribution < -0.4 is 0 Å². The van der Waals surface area contributed by atoms with Crippen molar-refractivity contribution in [3.8, 4) is 0 Å². The Morgan fingerprint density at radius 1 is 0.550 bits per heavy atom. The number of rotatable bonds is 13. The third kappa shape index (κ3) is 5.94. The molecule has 1 unspecified atom stereocenters. The van der Waals surface area contributed by atoms with Crippen LogP contribution in [0.4, 0.5) is 74.6 Å². The molecule has 0 heterocycles. The van der Waals surface area contributed by atoms with Crippen molar-refractivity contribution in [1.82, 2.24) is 0 Å². The summed E-state index contributed by atoms with van der Waals surface area (Å²) in [5, 5.41) is -7.95. The first-order chi connectivity index (χ1) is 17.2. The molecule has 0 N–H and O–H groups in total. The molecule has 0 fully saturated rings. The molecule has 0 spiro atoms. The van der Waals surface area contributed by atoms with Gasteiger partial charge in [0, 0.05) is 0 Å². The van der Waals surface area contributed by atoms with Crippen LogP contribution in [0.5, 0.6) is 0 Å². The lowest BCUT2D eigenvalue weighted by Crippen LogP contribution is -2.75. The normalized spacial score (nSPS) is 16.4. The van der Waals surface area contributed by atoms with E-state index in [1.165, 1.54) is 30.7 Å². The Labute approximate surface area is 216 Å². The van der Waals surface area contributed by atoms with Crippen LogP contribution in [0, 0.1) is 0 Å². The predicted molar refractivity (Wildman–Crippen MR) is 102 cm³/mol. The van der Waals surface area contributed by atoms with Crippen molar-refractivity contribution < 1.29 is 92.1 Å². The Morgan fingerprint density at radius 2 is 0.775 bits per heavy atom. The second-order valence-corrected chi connectivity index (χ2v) is 9.68. The van der Waals surface area contributed by atoms with E-state index < -0.39 is 69.9 Å². The highest BCUT2D eigenvalue weighted by Gasteiger charge is 2.95. The van der Waals surface area contributed by atoms with E-state index in [0.717, 1.165) is 0 Å². The van der Waals surface area contributed by atoms with E-state index in [2.05, 4.69) is 27.7 Å². The second kappa shape index (κ2) is 11.8. The maximum Gasteiger partial charge on any atom is 0.402 e. The lowest BCUT2D eigenvalue weighted by Gasteiger charge is -2.43. The van der Waals surface area contributed by atoms with Gasteiger partial charge in [-0.15, -0.1) is 0 Å². The van der Waals surface area contributed by atoms with Gasteiger partial charge in [-0.25, -0.2) is 12.8 Å². The standard InChI is InChI=1S/C10H5F17O3S.C8H20N/c1-2(11)3(12,13)4(14,15)5(16,17)6(18,19)7(20,21)8(22,23)9(24,25)10(26,27)31(28,29)30;1-5-9(6-2,7-3)8-4/h2H,1H3,(H,28,29,30);5-8H2,1-4H3/q;+1/p-1. The van der Waals surface area contributed by atoms with E-state index in [9.17, 15) is 87.6 Å². The molecule has 22 heteroatoms. The van der Waals surface area contributed by atoms with Gasteiger partial charge in [0.25, 0.3) is 0 Å². The molecule has 4 nitrogen and oxygen atoms in total. The molecular weight excluding hydrogens is 633 g/mol. The van der Waals surface area contributed by atoms with Crippen LogP contribution in [0.3, 0.4) is 0 Å². The van der Waals surface area contributed by atoms with Crippen molar-refractivity contribution in [3.63, 3.8) is 0 Å². The van der Waals surface area contributed by atoms with Crippen LogP contribution in [0.15, 0.2) is 0 Å². The lowest BCUT2D eigenvalue weighted by molar-refractivity contribution is -0.921. The van der Waals surface area contributed by atoms with E-state index in [1.807, 2.05) is 0 Å². The Kier molecular flexibility index (Phi) is 12.0. The first-order valence-corrected chi connectivity index (χ1v) is 12.1. The molecule has 0 aliphatic carbocycles. The number of alkyl halides is 17. The molecule has 0 bridgehead atoms. The zero-order valence-electron chi connectivity index (χ0n) is 20.9. The van der Waals surface area contributed by atoms with Gasteiger partial charge in [0.1, 0.15) is 0 Å². The topological polar surface area (TPSA) is 57.2 Å². The summed E-state index contributed by atoms with van der Waals surface area (Å²) in [7, 11) is -8.14. The molecule has 40 heavy (non-hydrogen) atoms. The van der Waals surface area contributed by atoms with E-state index in [4.69, 9.17) is 0 Å². The van der Waals surface area contributed by atoms with E-state index in [-0.39, 0.29) is 0 Å². The maximum absolute atomic E-state index is 13.3. The van der Waals surface area contributed by atoms with Gasteiger partial charge in [-0.3, -0.25) is 0 Å². The largest absolute Gasteiger partial charge is 0.743 e. The SMILES string of the molecule is CC(F)C(F)(F)C(F)(F)C(F)(F)C(F)(F)C(F)(F)C(F)(F)C(F)(F)C(F)(F)S(=O)(=O)[O-].CC[N+](CC)(CC)CC. The van der Waals surface area contributed by atoms with Crippen molar-refractivity contribution >= 4 is 10.1 Å². The predicted octanol–water partition coefficient (Wildman–Crippen LogP) is 6.81. The summed E-state index contributed by atoms with van der Waals surface area (Å²) in [5.41, 5.74) is 0. The zero-order chi connectivity index (χ0) is 33.4. The smallest absolute Gasteiger partial charge is 0.402 e. The molecule has 1 atom stereocenters. The van der Waals surface area contributed by atoms with Crippen molar-refractivity contribution in [1.29, 1.82) is 0 Å². The van der Waals surface area contributed by atoms with E-state index >= 15 is 0 Å². The van der Waals surface area contributed by atoms with Crippen LogP contribution in [-0.4, -0.2) is 96.5 Å². The number of nitrogens with zero attached hydrogens (tertiary/aromatic N) is 1. The van der Waals surface area contributed by atoms with Gasteiger partial charge in [-0.1, -0.05) is 0 Å². The molecule has 0 rings (SSSR count). The maximum atomic E-state index is 13.3. The van der Waals surface area contributed by atoms with Gasteiger partial charge in [0.2, 0.25) is 0 Å². The van der Waals surface area contributed by atoms with Crippen LogP contribution in [-0.2, 0) is 10.1 Å². The Bertz CT molecular complexity index is 930. The molecule has 0 aliphatic rings. The van der Waals surface area contributed by atoms with Gasteiger partial charge < -0.3 is 9.04 Å². The Hall–Kier alpha value is -1.32. The molecule has 0 aromatic rings. The molecular formula is C18H24F17NO3S. The average Bonchev–Trinajstić information content (AvgIpc) is 2.79. The first-order valence-electron chi connectivity index (χ1n) is 10.7. The fourth-order valence-electron chi connectivity index (χ4n) is 2.93. The van der Waals surface area contributed by atoms with Gasteiger partial charge in [-0.05, 0) is 34.6 Å². The van der Waals surface area contributed by atoms with E-state index in [1.54, 1.807) is 0 Å². The van der Waals surface area contributed by atoms with Crippen LogP contribution in [0.2, 0.25) is 0 Å². The third-order valence-electron chi connectivity index (χ3n) is 6.25. The summed E-state index contributed by atoms with van der Waals surface area (Å²) in [6.45, 7) is 13.5. The molecule has 0 radical (unpaired) electrons. The monoisotopic (exact) mass is 657 g/mol. The molecule has 0 amide bonds. The Morgan fingerprint density at radius 3 is 0.950 bits per heavy atom. The number of hydrogen-bond acceptors (Lipinski definition) is 3.